The molecule has 0 aliphatic rings. The fourth-order valence-electron chi connectivity index (χ4n) is 2.65. The van der Waals surface area contributed by atoms with Gasteiger partial charge in [-0.1, -0.05) is 42.5 Å². The highest BCUT2D eigenvalue weighted by Gasteiger charge is 2.17. The largest absolute Gasteiger partial charge is 0.451 e. The second-order valence-corrected chi connectivity index (χ2v) is 6.63. The fraction of sp³-hybridized carbons (Fsp3) is 0.261. The van der Waals surface area contributed by atoms with E-state index in [-0.39, 0.29) is 11.5 Å². The molecule has 0 saturated carbocycles. The molecule has 2 rings (SSSR count). The number of likely N-dealkylation sites (N-methyl/N-ethyl adjacent to an activating group) is 1. The molecule has 0 radical (unpaired) electrons. The van der Waals surface area contributed by atoms with Crippen LogP contribution in [0.15, 0.2) is 60.2 Å². The second kappa shape index (κ2) is 10.7. The van der Waals surface area contributed by atoms with Crippen molar-refractivity contribution in [1.29, 1.82) is 5.26 Å². The van der Waals surface area contributed by atoms with Crippen LogP contribution in [0.5, 0.6) is 0 Å². The number of hydrogen-bond acceptors (Lipinski definition) is 5. The summed E-state index contributed by atoms with van der Waals surface area (Å²) in [7, 11) is 3.86. The Labute approximate surface area is 171 Å². The number of nitrogens with zero attached hydrogens (tertiary/aromatic N) is 3. The zero-order valence-corrected chi connectivity index (χ0v) is 17.0. The highest BCUT2D eigenvalue weighted by Crippen LogP contribution is 2.15. The minimum absolute atomic E-state index is 0.151. The quantitative estimate of drug-likeness (QED) is 0.392. The molecule has 0 atom stereocenters. The fourth-order valence-corrected chi connectivity index (χ4v) is 2.65. The molecule has 6 nitrogen and oxygen atoms in total. The van der Waals surface area contributed by atoms with Crippen LogP contribution < -0.4 is 4.90 Å². The summed E-state index contributed by atoms with van der Waals surface area (Å²) in [6.45, 7) is 2.39. The lowest BCUT2D eigenvalue weighted by molar-refractivity contribution is -0.148. The predicted molar refractivity (Wildman–Crippen MR) is 113 cm³/mol. The van der Waals surface area contributed by atoms with Gasteiger partial charge in [0, 0.05) is 32.9 Å². The zero-order valence-electron chi connectivity index (χ0n) is 17.0. The van der Waals surface area contributed by atoms with Crippen LogP contribution >= 0.6 is 0 Å². The van der Waals surface area contributed by atoms with Crippen LogP contribution in [0.4, 0.5) is 5.69 Å². The molecule has 0 N–H and O–H groups in total. The molecule has 0 spiro atoms. The first-order valence-electron chi connectivity index (χ1n) is 9.32. The Balaban J connectivity index is 1.98. The van der Waals surface area contributed by atoms with E-state index < -0.39 is 12.6 Å². The summed E-state index contributed by atoms with van der Waals surface area (Å²) in [6.07, 6.45) is 1.45. The number of hydrogen-bond donors (Lipinski definition) is 0. The van der Waals surface area contributed by atoms with Gasteiger partial charge in [0.15, 0.2) is 6.61 Å². The molecule has 2 aromatic carbocycles. The van der Waals surface area contributed by atoms with Gasteiger partial charge in [0.25, 0.3) is 5.91 Å². The predicted octanol–water partition coefficient (Wildman–Crippen LogP) is 3.25. The lowest BCUT2D eigenvalue weighted by Crippen LogP contribution is -2.34. The average molecular weight is 391 g/mol. The molecule has 0 aliphatic carbocycles. The van der Waals surface area contributed by atoms with Crippen LogP contribution in [0, 0.1) is 11.3 Å². The monoisotopic (exact) mass is 391 g/mol. The van der Waals surface area contributed by atoms with Crippen LogP contribution in [0.1, 0.15) is 18.1 Å². The third-order valence-electron chi connectivity index (χ3n) is 4.34. The van der Waals surface area contributed by atoms with Crippen molar-refractivity contribution in [2.45, 2.75) is 13.5 Å². The third kappa shape index (κ3) is 6.51. The van der Waals surface area contributed by atoms with E-state index in [1.807, 2.05) is 86.6 Å². The van der Waals surface area contributed by atoms with Crippen molar-refractivity contribution in [1.82, 2.24) is 4.90 Å². The number of carbonyl (C=O) groups excluding carboxylic acids is 2. The van der Waals surface area contributed by atoms with Gasteiger partial charge < -0.3 is 14.5 Å². The van der Waals surface area contributed by atoms with Gasteiger partial charge in [0.1, 0.15) is 11.6 Å². The Bertz CT molecular complexity index is 897. The van der Waals surface area contributed by atoms with Gasteiger partial charge in [-0.25, -0.2) is 4.79 Å². The van der Waals surface area contributed by atoms with E-state index in [9.17, 15) is 14.9 Å². The van der Waals surface area contributed by atoms with E-state index in [1.54, 1.807) is 4.90 Å². The number of ether oxygens (including phenoxy) is 1. The smallest absolute Gasteiger partial charge is 0.349 e. The lowest BCUT2D eigenvalue weighted by atomic mass is 10.1. The van der Waals surface area contributed by atoms with Crippen molar-refractivity contribution in [2.75, 3.05) is 32.1 Å². The van der Waals surface area contributed by atoms with E-state index in [0.29, 0.717) is 18.7 Å². The molecule has 0 bridgehead atoms. The Kier molecular flexibility index (Phi) is 7.99. The molecule has 6 heteroatoms. The molecule has 0 aliphatic heterocycles. The summed E-state index contributed by atoms with van der Waals surface area (Å²) < 4.78 is 5.08. The second-order valence-electron chi connectivity index (χ2n) is 6.63. The van der Waals surface area contributed by atoms with Gasteiger partial charge in [-0.2, -0.15) is 5.26 Å². The molecule has 1 amide bonds. The van der Waals surface area contributed by atoms with E-state index in [0.717, 1.165) is 11.3 Å². The number of rotatable bonds is 8. The van der Waals surface area contributed by atoms with Gasteiger partial charge in [-0.3, -0.25) is 4.79 Å². The molecule has 29 heavy (non-hydrogen) atoms. The number of anilines is 1. The van der Waals surface area contributed by atoms with Crippen LogP contribution in [-0.2, 0) is 20.9 Å². The van der Waals surface area contributed by atoms with Crippen LogP contribution in [0.25, 0.3) is 6.08 Å². The zero-order chi connectivity index (χ0) is 21.2. The van der Waals surface area contributed by atoms with Gasteiger partial charge >= 0.3 is 5.97 Å². The molecular weight excluding hydrogens is 366 g/mol. The van der Waals surface area contributed by atoms with Crippen molar-refractivity contribution in [3.63, 3.8) is 0 Å². The molecule has 0 aromatic heterocycles. The van der Waals surface area contributed by atoms with Gasteiger partial charge in [-0.15, -0.1) is 0 Å². The highest BCUT2D eigenvalue weighted by molar-refractivity contribution is 5.98. The lowest BCUT2D eigenvalue weighted by Gasteiger charge is -2.20. The van der Waals surface area contributed by atoms with E-state index in [4.69, 9.17) is 4.74 Å². The average Bonchev–Trinajstić information content (AvgIpc) is 2.74. The molecule has 0 saturated heterocycles. The number of carbonyl (C=O) groups is 2. The van der Waals surface area contributed by atoms with Crippen LogP contribution in [0.3, 0.4) is 0 Å². The Morgan fingerprint density at radius 1 is 1.07 bits per heavy atom. The molecule has 2 aromatic rings. The minimum atomic E-state index is -0.812. The molecular formula is C23H25N3O3. The van der Waals surface area contributed by atoms with E-state index in [1.165, 1.54) is 6.08 Å². The summed E-state index contributed by atoms with van der Waals surface area (Å²) in [5, 5.41) is 9.29. The standard InChI is InChI=1S/C23H25N3O3/c1-4-26(16-19-8-6-5-7-9-19)22(27)17-29-23(28)20(15-24)14-18-10-12-21(13-11-18)25(2)3/h5-14H,4,16-17H2,1-3H3/b20-14+. The summed E-state index contributed by atoms with van der Waals surface area (Å²) in [5.74, 6) is -1.12. The van der Waals surface area contributed by atoms with Gasteiger partial charge in [-0.05, 0) is 36.3 Å². The highest BCUT2D eigenvalue weighted by atomic mass is 16.5. The van der Waals surface area contributed by atoms with Gasteiger partial charge in [0.2, 0.25) is 0 Å². The first kappa shape index (κ1) is 21.7. The van der Waals surface area contributed by atoms with Crippen molar-refractivity contribution in [3.8, 4) is 6.07 Å². The SMILES string of the molecule is CCN(Cc1ccccc1)C(=O)COC(=O)/C(C#N)=C/c1ccc(N(C)C)cc1. The maximum atomic E-state index is 12.4. The minimum Gasteiger partial charge on any atom is -0.451 e. The van der Waals surface area contributed by atoms with Crippen molar-refractivity contribution in [2.24, 2.45) is 0 Å². The van der Waals surface area contributed by atoms with Crippen molar-refractivity contribution >= 4 is 23.6 Å². The number of amides is 1. The Morgan fingerprint density at radius 3 is 2.28 bits per heavy atom. The number of nitriles is 1. The van der Waals surface area contributed by atoms with Crippen molar-refractivity contribution in [3.05, 3.63) is 71.3 Å². The first-order chi connectivity index (χ1) is 13.9. The maximum absolute atomic E-state index is 12.4. The molecule has 0 fully saturated rings. The van der Waals surface area contributed by atoms with Gasteiger partial charge in [0.05, 0.1) is 0 Å². The van der Waals surface area contributed by atoms with Crippen molar-refractivity contribution < 1.29 is 14.3 Å². The molecule has 0 heterocycles. The van der Waals surface area contributed by atoms with Crippen LogP contribution in [0.2, 0.25) is 0 Å². The normalized spacial score (nSPS) is 10.8. The number of benzene rings is 2. The Hall–Kier alpha value is -3.59. The van der Waals surface area contributed by atoms with Crippen LogP contribution in [-0.4, -0.2) is 44.0 Å². The summed E-state index contributed by atoms with van der Waals surface area (Å²) in [5.41, 5.74) is 2.55. The first-order valence-corrected chi connectivity index (χ1v) is 9.32. The molecule has 150 valence electrons. The van der Waals surface area contributed by atoms with E-state index >= 15 is 0 Å². The van der Waals surface area contributed by atoms with E-state index in [2.05, 4.69) is 0 Å². The Morgan fingerprint density at radius 2 is 1.72 bits per heavy atom. The number of esters is 1. The topological polar surface area (TPSA) is 73.6 Å². The summed E-state index contributed by atoms with van der Waals surface area (Å²) >= 11 is 0. The molecule has 0 unspecified atom stereocenters. The summed E-state index contributed by atoms with van der Waals surface area (Å²) in [6, 6.07) is 18.8. The maximum Gasteiger partial charge on any atom is 0.349 e. The third-order valence-corrected chi connectivity index (χ3v) is 4.34. The summed E-state index contributed by atoms with van der Waals surface area (Å²) in [4.78, 5) is 28.2.